The molecule has 0 saturated heterocycles. The van der Waals surface area contributed by atoms with E-state index in [1.807, 2.05) is 55.5 Å². The van der Waals surface area contributed by atoms with E-state index in [9.17, 15) is 5.11 Å². The van der Waals surface area contributed by atoms with Crippen molar-refractivity contribution in [2.75, 3.05) is 0 Å². The fraction of sp³-hybridized carbons (Fsp3) is 0.0476. The van der Waals surface area contributed by atoms with Gasteiger partial charge in [-0.3, -0.25) is 4.99 Å². The van der Waals surface area contributed by atoms with Crippen molar-refractivity contribution in [3.05, 3.63) is 76.3 Å². The summed E-state index contributed by atoms with van der Waals surface area (Å²) in [5.74, 6) is 0.772. The molecule has 5 heteroatoms. The van der Waals surface area contributed by atoms with E-state index < -0.39 is 0 Å². The minimum atomic E-state index is 0.180. The third-order valence-corrected chi connectivity index (χ3v) is 4.47. The van der Waals surface area contributed by atoms with Crippen LogP contribution in [0.2, 0.25) is 0 Å². The zero-order chi connectivity index (χ0) is 18.1. The van der Waals surface area contributed by atoms with Gasteiger partial charge in [0.25, 0.3) is 0 Å². The summed E-state index contributed by atoms with van der Waals surface area (Å²) in [6, 6.07) is 18.8. The predicted molar refractivity (Wildman–Crippen MR) is 107 cm³/mol. The molecule has 1 N–H and O–H groups in total. The highest BCUT2D eigenvalue weighted by atomic mass is 79.9. The number of aryl methyl sites for hydroxylation is 1. The minimum Gasteiger partial charge on any atom is -0.507 e. The molecule has 26 heavy (non-hydrogen) atoms. The van der Waals surface area contributed by atoms with Crippen LogP contribution >= 0.6 is 15.9 Å². The van der Waals surface area contributed by atoms with Crippen LogP contribution in [0.4, 0.5) is 5.69 Å². The standard InChI is InChI=1S/C21H15BrN2O2/c1-13-3-2-4-14(9-13)21-24-18-7-6-17(11-20(18)26-21)23-12-15-10-16(22)5-8-19(15)25/h2-12,25H,1H3. The van der Waals surface area contributed by atoms with Crippen molar-refractivity contribution < 1.29 is 9.52 Å². The fourth-order valence-electron chi connectivity index (χ4n) is 2.67. The first-order chi connectivity index (χ1) is 12.6. The molecular formula is C21H15BrN2O2. The van der Waals surface area contributed by atoms with Crippen LogP contribution in [0.3, 0.4) is 0 Å². The molecule has 0 radical (unpaired) electrons. The number of nitrogens with zero attached hydrogens (tertiary/aromatic N) is 2. The molecule has 4 aromatic rings. The average molecular weight is 407 g/mol. The quantitative estimate of drug-likeness (QED) is 0.423. The Hall–Kier alpha value is -2.92. The van der Waals surface area contributed by atoms with Crippen LogP contribution in [0.5, 0.6) is 5.75 Å². The molecule has 4 rings (SSSR count). The van der Waals surface area contributed by atoms with Gasteiger partial charge in [-0.25, -0.2) is 4.98 Å². The molecule has 0 aliphatic carbocycles. The van der Waals surface area contributed by atoms with Gasteiger partial charge in [-0.15, -0.1) is 0 Å². The summed E-state index contributed by atoms with van der Waals surface area (Å²) in [4.78, 5) is 8.98. The number of phenols is 1. The number of oxazole rings is 1. The molecule has 1 aromatic heterocycles. The number of fused-ring (bicyclic) bond motifs is 1. The Morgan fingerprint density at radius 2 is 1.96 bits per heavy atom. The maximum atomic E-state index is 9.90. The molecule has 3 aromatic carbocycles. The Morgan fingerprint density at radius 3 is 2.81 bits per heavy atom. The number of aromatic hydroxyl groups is 1. The van der Waals surface area contributed by atoms with Gasteiger partial charge in [-0.05, 0) is 49.4 Å². The Kier molecular flexibility index (Phi) is 4.31. The molecule has 0 aliphatic heterocycles. The van der Waals surface area contributed by atoms with Crippen LogP contribution in [0.1, 0.15) is 11.1 Å². The SMILES string of the molecule is Cc1cccc(-c2nc3ccc(N=Cc4cc(Br)ccc4O)cc3o2)c1. The average Bonchev–Trinajstić information content (AvgIpc) is 3.06. The summed E-state index contributed by atoms with van der Waals surface area (Å²) in [6.45, 7) is 2.04. The summed E-state index contributed by atoms with van der Waals surface area (Å²) in [5.41, 5.74) is 4.93. The summed E-state index contributed by atoms with van der Waals surface area (Å²) in [5, 5.41) is 9.90. The van der Waals surface area contributed by atoms with Crippen molar-refractivity contribution >= 4 is 38.9 Å². The van der Waals surface area contributed by atoms with Crippen LogP contribution in [0, 0.1) is 6.92 Å². The van der Waals surface area contributed by atoms with Gasteiger partial charge in [-0.1, -0.05) is 33.6 Å². The molecule has 0 aliphatic rings. The largest absolute Gasteiger partial charge is 0.507 e. The Bertz CT molecular complexity index is 1130. The lowest BCUT2D eigenvalue weighted by Gasteiger charge is -1.99. The van der Waals surface area contributed by atoms with Crippen molar-refractivity contribution in [2.24, 2.45) is 4.99 Å². The molecular weight excluding hydrogens is 392 g/mol. The van der Waals surface area contributed by atoms with E-state index in [0.717, 1.165) is 26.8 Å². The predicted octanol–water partition coefficient (Wildman–Crippen LogP) is 6.02. The van der Waals surface area contributed by atoms with E-state index in [1.165, 1.54) is 0 Å². The van der Waals surface area contributed by atoms with Gasteiger partial charge in [0.15, 0.2) is 5.58 Å². The van der Waals surface area contributed by atoms with Gasteiger partial charge in [0.05, 0.1) is 5.69 Å². The Balaban J connectivity index is 1.67. The lowest BCUT2D eigenvalue weighted by atomic mass is 10.1. The van der Waals surface area contributed by atoms with Crippen LogP contribution in [-0.4, -0.2) is 16.3 Å². The highest BCUT2D eigenvalue weighted by molar-refractivity contribution is 9.10. The molecule has 1 heterocycles. The maximum Gasteiger partial charge on any atom is 0.227 e. The smallest absolute Gasteiger partial charge is 0.227 e. The molecule has 0 saturated carbocycles. The first kappa shape index (κ1) is 16.5. The Morgan fingerprint density at radius 1 is 1.08 bits per heavy atom. The second-order valence-corrected chi connectivity index (χ2v) is 6.92. The molecule has 0 spiro atoms. The third-order valence-electron chi connectivity index (χ3n) is 3.98. The van der Waals surface area contributed by atoms with Gasteiger partial charge in [-0.2, -0.15) is 0 Å². The number of halogens is 1. The molecule has 0 bridgehead atoms. The normalized spacial score (nSPS) is 11.5. The van der Waals surface area contributed by atoms with Gasteiger partial charge < -0.3 is 9.52 Å². The second-order valence-electron chi connectivity index (χ2n) is 6.00. The molecule has 128 valence electrons. The summed E-state index contributed by atoms with van der Waals surface area (Å²) in [7, 11) is 0. The summed E-state index contributed by atoms with van der Waals surface area (Å²) in [6.07, 6.45) is 1.62. The fourth-order valence-corrected chi connectivity index (χ4v) is 3.05. The zero-order valence-corrected chi connectivity index (χ0v) is 15.6. The van der Waals surface area contributed by atoms with E-state index in [0.29, 0.717) is 17.0 Å². The number of aliphatic imine (C=N–C) groups is 1. The van der Waals surface area contributed by atoms with Gasteiger partial charge in [0, 0.05) is 27.9 Å². The summed E-state index contributed by atoms with van der Waals surface area (Å²) < 4.78 is 6.78. The van der Waals surface area contributed by atoms with E-state index in [2.05, 4.69) is 25.9 Å². The molecule has 4 nitrogen and oxygen atoms in total. The van der Waals surface area contributed by atoms with Crippen molar-refractivity contribution in [3.8, 4) is 17.2 Å². The number of benzene rings is 3. The monoisotopic (exact) mass is 406 g/mol. The van der Waals surface area contributed by atoms with Crippen molar-refractivity contribution in [1.29, 1.82) is 0 Å². The van der Waals surface area contributed by atoms with Crippen LogP contribution in [0.15, 0.2) is 74.5 Å². The zero-order valence-electron chi connectivity index (χ0n) is 14.0. The van der Waals surface area contributed by atoms with E-state index >= 15 is 0 Å². The number of aromatic nitrogens is 1. The third kappa shape index (κ3) is 3.39. The van der Waals surface area contributed by atoms with Gasteiger partial charge in [0.2, 0.25) is 5.89 Å². The number of hydrogen-bond donors (Lipinski definition) is 1. The summed E-state index contributed by atoms with van der Waals surface area (Å²) >= 11 is 3.39. The Labute approximate surface area is 159 Å². The number of rotatable bonds is 3. The van der Waals surface area contributed by atoms with Crippen molar-refractivity contribution in [3.63, 3.8) is 0 Å². The van der Waals surface area contributed by atoms with E-state index in [4.69, 9.17) is 4.42 Å². The first-order valence-electron chi connectivity index (χ1n) is 8.09. The first-order valence-corrected chi connectivity index (χ1v) is 8.88. The molecule has 0 unspecified atom stereocenters. The van der Waals surface area contributed by atoms with Crippen LogP contribution in [0.25, 0.3) is 22.6 Å². The highest BCUT2D eigenvalue weighted by Crippen LogP contribution is 2.28. The van der Waals surface area contributed by atoms with E-state index in [1.54, 1.807) is 18.3 Å². The molecule has 0 fully saturated rings. The van der Waals surface area contributed by atoms with Crippen LogP contribution in [-0.2, 0) is 0 Å². The molecule has 0 amide bonds. The minimum absolute atomic E-state index is 0.180. The van der Waals surface area contributed by atoms with E-state index in [-0.39, 0.29) is 5.75 Å². The lowest BCUT2D eigenvalue weighted by molar-refractivity contribution is 0.474. The van der Waals surface area contributed by atoms with Gasteiger partial charge in [0.1, 0.15) is 11.3 Å². The number of hydrogen-bond acceptors (Lipinski definition) is 4. The lowest BCUT2D eigenvalue weighted by Crippen LogP contribution is -1.82. The second kappa shape index (κ2) is 6.77. The van der Waals surface area contributed by atoms with Crippen molar-refractivity contribution in [1.82, 2.24) is 4.98 Å². The van der Waals surface area contributed by atoms with Gasteiger partial charge >= 0.3 is 0 Å². The maximum absolute atomic E-state index is 9.90. The van der Waals surface area contributed by atoms with Crippen LogP contribution < -0.4 is 0 Å². The highest BCUT2D eigenvalue weighted by Gasteiger charge is 2.09. The van der Waals surface area contributed by atoms with Crippen molar-refractivity contribution in [2.45, 2.75) is 6.92 Å². The molecule has 0 atom stereocenters. The topological polar surface area (TPSA) is 58.6 Å². The number of phenolic OH excluding ortho intramolecular Hbond substituents is 1.